The van der Waals surface area contributed by atoms with Crippen molar-refractivity contribution >= 4 is 0 Å². The van der Waals surface area contributed by atoms with Gasteiger partial charge in [-0.3, -0.25) is 0 Å². The second-order valence-corrected chi connectivity index (χ2v) is 2.56. The molecule has 6 heteroatoms. The second-order valence-electron chi connectivity index (χ2n) is 2.56. The molecule has 0 aliphatic carbocycles. The average Bonchev–Trinajstić information content (AvgIpc) is 2.71. The minimum atomic E-state index is -0.245. The predicted molar refractivity (Wildman–Crippen MR) is 42.4 cm³/mol. The lowest BCUT2D eigenvalue weighted by atomic mass is 10.4. The number of imidazole rings is 1. The molecule has 0 fully saturated rings. The van der Waals surface area contributed by atoms with Crippen LogP contribution in [0.2, 0.25) is 0 Å². The van der Waals surface area contributed by atoms with Crippen molar-refractivity contribution in [1.82, 2.24) is 19.7 Å². The van der Waals surface area contributed by atoms with E-state index in [0.717, 1.165) is 5.69 Å². The highest BCUT2D eigenvalue weighted by Crippen LogP contribution is 2.13. The molecule has 0 aromatic carbocycles. The van der Waals surface area contributed by atoms with Gasteiger partial charge in [-0.25, -0.2) is 4.98 Å². The zero-order valence-corrected chi connectivity index (χ0v) is 7.01. The van der Waals surface area contributed by atoms with Crippen molar-refractivity contribution in [1.29, 1.82) is 0 Å². The molecule has 0 radical (unpaired) electrons. The summed E-state index contributed by atoms with van der Waals surface area (Å²) in [7, 11) is 1.83. The predicted octanol–water partition coefficient (Wildman–Crippen LogP) is -0.0376. The van der Waals surface area contributed by atoms with Gasteiger partial charge in [0.2, 0.25) is 5.82 Å². The molecule has 0 spiro atoms. The van der Waals surface area contributed by atoms with Gasteiger partial charge in [-0.15, -0.1) is 0 Å². The van der Waals surface area contributed by atoms with Gasteiger partial charge >= 0.3 is 0 Å². The van der Waals surface area contributed by atoms with Crippen LogP contribution >= 0.6 is 0 Å². The van der Waals surface area contributed by atoms with Crippen LogP contribution in [0.3, 0.4) is 0 Å². The first kappa shape index (κ1) is 7.93. The van der Waals surface area contributed by atoms with Gasteiger partial charge in [-0.2, -0.15) is 4.98 Å². The molecule has 2 aromatic heterocycles. The fourth-order valence-corrected chi connectivity index (χ4v) is 0.996. The monoisotopic (exact) mass is 180 g/mol. The van der Waals surface area contributed by atoms with Crippen molar-refractivity contribution in [3.05, 3.63) is 18.4 Å². The molecule has 6 nitrogen and oxygen atoms in total. The lowest BCUT2D eigenvalue weighted by Gasteiger charge is -1.92. The van der Waals surface area contributed by atoms with Crippen molar-refractivity contribution in [2.75, 3.05) is 0 Å². The van der Waals surface area contributed by atoms with Crippen molar-refractivity contribution in [3.63, 3.8) is 0 Å². The number of rotatable bonds is 2. The third-order valence-electron chi connectivity index (χ3n) is 1.65. The van der Waals surface area contributed by atoms with Crippen LogP contribution in [0.1, 0.15) is 5.89 Å². The van der Waals surface area contributed by atoms with E-state index in [1.165, 1.54) is 0 Å². The fraction of sp³-hybridized carbons (Fsp3) is 0.286. The first-order chi connectivity index (χ1) is 6.31. The molecule has 0 saturated carbocycles. The van der Waals surface area contributed by atoms with Crippen LogP contribution in [0.25, 0.3) is 11.5 Å². The van der Waals surface area contributed by atoms with Gasteiger partial charge in [0, 0.05) is 7.05 Å². The summed E-state index contributed by atoms with van der Waals surface area (Å²) < 4.78 is 6.51. The molecule has 68 valence electrons. The van der Waals surface area contributed by atoms with Crippen LogP contribution in [0.5, 0.6) is 0 Å². The molecule has 0 amide bonds. The van der Waals surface area contributed by atoms with E-state index in [1.807, 2.05) is 7.05 Å². The number of aliphatic hydroxyl groups is 1. The molecule has 0 aliphatic heterocycles. The van der Waals surface area contributed by atoms with E-state index >= 15 is 0 Å². The minimum Gasteiger partial charge on any atom is -0.387 e. The van der Waals surface area contributed by atoms with E-state index < -0.39 is 0 Å². The van der Waals surface area contributed by atoms with Gasteiger partial charge < -0.3 is 14.2 Å². The molecule has 2 aromatic rings. The first-order valence-electron chi connectivity index (χ1n) is 3.71. The number of aromatic nitrogens is 4. The molecule has 1 N–H and O–H groups in total. The van der Waals surface area contributed by atoms with Crippen LogP contribution in [-0.2, 0) is 13.7 Å². The SMILES string of the molecule is Cn1cncc1-c1noc(CO)n1. The topological polar surface area (TPSA) is 77.0 Å². The van der Waals surface area contributed by atoms with Gasteiger partial charge in [0.05, 0.1) is 12.5 Å². The average molecular weight is 180 g/mol. The maximum Gasteiger partial charge on any atom is 0.252 e. The van der Waals surface area contributed by atoms with Crippen LogP contribution < -0.4 is 0 Å². The highest BCUT2D eigenvalue weighted by Gasteiger charge is 2.10. The van der Waals surface area contributed by atoms with Gasteiger partial charge in [0.25, 0.3) is 5.89 Å². The summed E-state index contributed by atoms with van der Waals surface area (Å²) in [6.45, 7) is -0.245. The van der Waals surface area contributed by atoms with Crippen molar-refractivity contribution in [3.8, 4) is 11.5 Å². The van der Waals surface area contributed by atoms with Crippen LogP contribution in [0, 0.1) is 0 Å². The van der Waals surface area contributed by atoms with Gasteiger partial charge in [-0.05, 0) is 0 Å². The molecule has 2 rings (SSSR count). The van der Waals surface area contributed by atoms with Crippen LogP contribution in [-0.4, -0.2) is 24.8 Å². The maximum absolute atomic E-state index is 8.70. The largest absolute Gasteiger partial charge is 0.387 e. The molecular weight excluding hydrogens is 172 g/mol. The molecule has 0 bridgehead atoms. The Kier molecular flexibility index (Phi) is 1.82. The molecular formula is C7H8N4O2. The molecule has 0 saturated heterocycles. The van der Waals surface area contributed by atoms with Crippen LogP contribution in [0.15, 0.2) is 17.0 Å². The van der Waals surface area contributed by atoms with Crippen molar-refractivity contribution in [2.45, 2.75) is 6.61 Å². The standard InChI is InChI=1S/C7H8N4O2/c1-11-4-8-2-5(11)7-9-6(3-12)13-10-7/h2,4,12H,3H2,1H3. The zero-order valence-electron chi connectivity index (χ0n) is 7.01. The number of nitrogens with zero attached hydrogens (tertiary/aromatic N) is 4. The molecule has 0 atom stereocenters. The number of aliphatic hydroxyl groups excluding tert-OH is 1. The molecule has 0 aliphatic rings. The Labute approximate surface area is 73.8 Å². The lowest BCUT2D eigenvalue weighted by Crippen LogP contribution is -1.91. The summed E-state index contributed by atoms with van der Waals surface area (Å²) >= 11 is 0. The highest BCUT2D eigenvalue weighted by molar-refractivity contribution is 5.46. The van der Waals surface area contributed by atoms with Crippen molar-refractivity contribution < 1.29 is 9.63 Å². The maximum atomic E-state index is 8.70. The summed E-state index contributed by atoms with van der Waals surface area (Å²) in [6.07, 6.45) is 3.27. The van der Waals surface area contributed by atoms with E-state index in [0.29, 0.717) is 5.82 Å². The van der Waals surface area contributed by atoms with E-state index in [-0.39, 0.29) is 12.5 Å². The van der Waals surface area contributed by atoms with E-state index in [1.54, 1.807) is 17.1 Å². The smallest absolute Gasteiger partial charge is 0.252 e. The fourth-order valence-electron chi connectivity index (χ4n) is 0.996. The Balaban J connectivity index is 2.41. The molecule has 0 unspecified atom stereocenters. The first-order valence-corrected chi connectivity index (χ1v) is 3.71. The molecule has 13 heavy (non-hydrogen) atoms. The zero-order chi connectivity index (χ0) is 9.26. The summed E-state index contributed by atoms with van der Waals surface area (Å²) in [5.74, 6) is 0.639. The minimum absolute atomic E-state index is 0.205. The summed E-state index contributed by atoms with van der Waals surface area (Å²) in [5, 5.41) is 12.4. The third-order valence-corrected chi connectivity index (χ3v) is 1.65. The van der Waals surface area contributed by atoms with E-state index in [4.69, 9.17) is 9.63 Å². The number of aryl methyl sites for hydroxylation is 1. The quantitative estimate of drug-likeness (QED) is 0.701. The van der Waals surface area contributed by atoms with Gasteiger partial charge in [0.15, 0.2) is 0 Å². The van der Waals surface area contributed by atoms with E-state index in [2.05, 4.69) is 15.1 Å². The lowest BCUT2D eigenvalue weighted by molar-refractivity contribution is 0.222. The normalized spacial score (nSPS) is 10.6. The Morgan fingerprint density at radius 1 is 1.62 bits per heavy atom. The third kappa shape index (κ3) is 1.31. The van der Waals surface area contributed by atoms with Crippen molar-refractivity contribution in [2.24, 2.45) is 7.05 Å². The second kappa shape index (κ2) is 2.98. The van der Waals surface area contributed by atoms with E-state index in [9.17, 15) is 0 Å². The Bertz CT molecular complexity index is 406. The summed E-state index contributed by atoms with van der Waals surface area (Å²) in [5.41, 5.74) is 0.753. The Morgan fingerprint density at radius 3 is 3.00 bits per heavy atom. The van der Waals surface area contributed by atoms with Gasteiger partial charge in [0.1, 0.15) is 12.3 Å². The summed E-state index contributed by atoms with van der Waals surface area (Å²) in [4.78, 5) is 7.86. The number of hydrogen-bond donors (Lipinski definition) is 1. The highest BCUT2D eigenvalue weighted by atomic mass is 16.5. The Morgan fingerprint density at radius 2 is 2.46 bits per heavy atom. The summed E-state index contributed by atoms with van der Waals surface area (Å²) in [6, 6.07) is 0. The number of hydrogen-bond acceptors (Lipinski definition) is 5. The Hall–Kier alpha value is -1.69. The van der Waals surface area contributed by atoms with Gasteiger partial charge in [-0.1, -0.05) is 5.16 Å². The van der Waals surface area contributed by atoms with Crippen LogP contribution in [0.4, 0.5) is 0 Å². The molecule has 2 heterocycles.